The molecule has 2 aromatic carbocycles. The van der Waals surface area contributed by atoms with Gasteiger partial charge in [-0.3, -0.25) is 4.79 Å². The van der Waals surface area contributed by atoms with Crippen molar-refractivity contribution in [1.29, 1.82) is 0 Å². The Bertz CT molecular complexity index is 1120. The van der Waals surface area contributed by atoms with Gasteiger partial charge in [-0.25, -0.2) is 18.0 Å². The second kappa shape index (κ2) is 10.2. The molecular weight excluding hydrogens is 436 g/mol. The summed E-state index contributed by atoms with van der Waals surface area (Å²) in [5.74, 6) is -0.956. The van der Waals surface area contributed by atoms with Gasteiger partial charge in [0.15, 0.2) is 0 Å². The SMILES string of the molecule is CCCNC(=O)Nc1cccc(OC(=O)c2cccc(S(=O)(=O)N3CCNC(=O)C3)c2)c1. The summed E-state index contributed by atoms with van der Waals surface area (Å²) in [7, 11) is -3.94. The molecule has 0 aromatic heterocycles. The first-order valence-electron chi connectivity index (χ1n) is 10.0. The number of hydrogen-bond acceptors (Lipinski definition) is 6. The number of benzene rings is 2. The number of hydrogen-bond donors (Lipinski definition) is 3. The molecule has 3 rings (SSSR count). The van der Waals surface area contributed by atoms with Gasteiger partial charge in [0, 0.05) is 31.4 Å². The average molecular weight is 461 g/mol. The normalized spacial score (nSPS) is 14.3. The predicted molar refractivity (Wildman–Crippen MR) is 117 cm³/mol. The van der Waals surface area contributed by atoms with Crippen LogP contribution in [0.5, 0.6) is 5.75 Å². The largest absolute Gasteiger partial charge is 0.423 e. The van der Waals surface area contributed by atoms with Crippen LogP contribution in [0.2, 0.25) is 0 Å². The molecule has 0 radical (unpaired) electrons. The zero-order chi connectivity index (χ0) is 23.1. The highest BCUT2D eigenvalue weighted by atomic mass is 32.2. The molecule has 3 amide bonds. The van der Waals surface area contributed by atoms with Gasteiger partial charge < -0.3 is 20.7 Å². The van der Waals surface area contributed by atoms with Gasteiger partial charge in [-0.05, 0) is 36.8 Å². The van der Waals surface area contributed by atoms with Crippen molar-refractivity contribution in [3.8, 4) is 5.75 Å². The lowest BCUT2D eigenvalue weighted by atomic mass is 10.2. The number of nitrogens with zero attached hydrogens (tertiary/aromatic N) is 1. The van der Waals surface area contributed by atoms with Gasteiger partial charge in [0.2, 0.25) is 15.9 Å². The molecule has 0 bridgehead atoms. The molecule has 32 heavy (non-hydrogen) atoms. The second-order valence-corrected chi connectivity index (χ2v) is 8.95. The molecule has 1 saturated heterocycles. The monoisotopic (exact) mass is 460 g/mol. The predicted octanol–water partition coefficient (Wildman–Crippen LogP) is 1.56. The van der Waals surface area contributed by atoms with Crippen LogP contribution < -0.4 is 20.7 Å². The van der Waals surface area contributed by atoms with Crippen molar-refractivity contribution in [3.63, 3.8) is 0 Å². The van der Waals surface area contributed by atoms with Crippen LogP contribution in [-0.2, 0) is 14.8 Å². The minimum absolute atomic E-state index is 0.0339. The third-order valence-electron chi connectivity index (χ3n) is 4.55. The van der Waals surface area contributed by atoms with Crippen molar-refractivity contribution in [2.75, 3.05) is 31.5 Å². The maximum atomic E-state index is 12.8. The molecule has 0 spiro atoms. The maximum absolute atomic E-state index is 12.8. The first-order valence-corrected chi connectivity index (χ1v) is 11.5. The van der Waals surface area contributed by atoms with E-state index in [0.29, 0.717) is 12.2 Å². The van der Waals surface area contributed by atoms with E-state index in [1.165, 1.54) is 30.3 Å². The average Bonchev–Trinajstić information content (AvgIpc) is 2.78. The Labute approximate surface area is 186 Å². The van der Waals surface area contributed by atoms with Gasteiger partial charge in [0.25, 0.3) is 0 Å². The first-order chi connectivity index (χ1) is 15.3. The Kier molecular flexibility index (Phi) is 7.44. The molecule has 1 fully saturated rings. The van der Waals surface area contributed by atoms with Gasteiger partial charge in [-0.2, -0.15) is 4.31 Å². The summed E-state index contributed by atoms with van der Waals surface area (Å²) in [6.07, 6.45) is 0.796. The molecule has 0 aliphatic carbocycles. The molecule has 170 valence electrons. The van der Waals surface area contributed by atoms with Gasteiger partial charge in [-0.1, -0.05) is 19.1 Å². The Hall–Kier alpha value is -3.44. The van der Waals surface area contributed by atoms with Gasteiger partial charge in [-0.15, -0.1) is 0 Å². The highest BCUT2D eigenvalue weighted by Crippen LogP contribution is 2.21. The number of piperazine rings is 1. The van der Waals surface area contributed by atoms with Crippen LogP contribution >= 0.6 is 0 Å². The summed E-state index contributed by atoms with van der Waals surface area (Å²) in [4.78, 5) is 35.8. The number of rotatable bonds is 7. The fraction of sp³-hybridized carbons (Fsp3) is 0.286. The van der Waals surface area contributed by atoms with E-state index >= 15 is 0 Å². The molecule has 2 aromatic rings. The van der Waals surface area contributed by atoms with Crippen LogP contribution in [0.15, 0.2) is 53.4 Å². The van der Waals surface area contributed by atoms with Gasteiger partial charge in [0.05, 0.1) is 17.0 Å². The van der Waals surface area contributed by atoms with Crippen LogP contribution in [0.25, 0.3) is 0 Å². The van der Waals surface area contributed by atoms with E-state index in [9.17, 15) is 22.8 Å². The molecule has 1 heterocycles. The summed E-state index contributed by atoms with van der Waals surface area (Å²) >= 11 is 0. The number of carbonyl (C=O) groups is 3. The van der Waals surface area contributed by atoms with Crippen LogP contribution in [0.1, 0.15) is 23.7 Å². The van der Waals surface area contributed by atoms with E-state index in [1.807, 2.05) is 6.92 Å². The molecule has 3 N–H and O–H groups in total. The Morgan fingerprint density at radius 1 is 1.16 bits per heavy atom. The third-order valence-corrected chi connectivity index (χ3v) is 6.39. The molecule has 11 heteroatoms. The van der Waals surface area contributed by atoms with Crippen LogP contribution in [0, 0.1) is 0 Å². The second-order valence-electron chi connectivity index (χ2n) is 7.01. The lowest BCUT2D eigenvalue weighted by molar-refractivity contribution is -0.122. The van der Waals surface area contributed by atoms with Crippen molar-refractivity contribution in [3.05, 3.63) is 54.1 Å². The van der Waals surface area contributed by atoms with Crippen LogP contribution in [0.3, 0.4) is 0 Å². The topological polar surface area (TPSA) is 134 Å². The quantitative estimate of drug-likeness (QED) is 0.424. The summed E-state index contributed by atoms with van der Waals surface area (Å²) in [6.45, 7) is 2.56. The Morgan fingerprint density at radius 3 is 2.69 bits per heavy atom. The van der Waals surface area contributed by atoms with Crippen LogP contribution in [-0.4, -0.2) is 56.8 Å². The zero-order valence-electron chi connectivity index (χ0n) is 17.5. The number of urea groups is 1. The fourth-order valence-corrected chi connectivity index (χ4v) is 4.41. The minimum Gasteiger partial charge on any atom is -0.423 e. The van der Waals surface area contributed by atoms with E-state index in [4.69, 9.17) is 4.74 Å². The molecule has 1 aliphatic heterocycles. The number of amides is 3. The molecule has 1 aliphatic rings. The van der Waals surface area contributed by atoms with Gasteiger partial charge in [0.1, 0.15) is 5.75 Å². The third kappa shape index (κ3) is 5.83. The van der Waals surface area contributed by atoms with E-state index in [-0.39, 0.29) is 47.8 Å². The summed E-state index contributed by atoms with van der Waals surface area (Å²) in [5.41, 5.74) is 0.468. The smallest absolute Gasteiger partial charge is 0.343 e. The van der Waals surface area contributed by atoms with E-state index in [0.717, 1.165) is 10.7 Å². The van der Waals surface area contributed by atoms with E-state index in [1.54, 1.807) is 18.2 Å². The highest BCUT2D eigenvalue weighted by molar-refractivity contribution is 7.89. The number of anilines is 1. The Balaban J connectivity index is 1.72. The number of carbonyl (C=O) groups excluding carboxylic acids is 3. The summed E-state index contributed by atoms with van der Waals surface area (Å²) < 4.78 is 32.1. The molecule has 0 atom stereocenters. The first kappa shape index (κ1) is 23.2. The lowest BCUT2D eigenvalue weighted by Crippen LogP contribution is -2.49. The standard InChI is InChI=1S/C21H24N4O6S/c1-2-9-23-21(28)24-16-6-4-7-17(13-16)31-20(27)15-5-3-8-18(12-15)32(29,30)25-11-10-22-19(26)14-25/h3-8,12-13H,2,9-11,14H2,1H3,(H,22,26)(H2,23,24,28). The van der Waals surface area contributed by atoms with Gasteiger partial charge >= 0.3 is 12.0 Å². The molecular formula is C21H24N4O6S. The number of nitrogens with one attached hydrogen (secondary N) is 3. The van der Waals surface area contributed by atoms with Crippen molar-refractivity contribution in [2.24, 2.45) is 0 Å². The van der Waals surface area contributed by atoms with Crippen LogP contribution in [0.4, 0.5) is 10.5 Å². The maximum Gasteiger partial charge on any atom is 0.343 e. The Morgan fingerprint density at radius 2 is 1.94 bits per heavy atom. The number of ether oxygens (including phenoxy) is 1. The summed E-state index contributed by atoms with van der Waals surface area (Å²) in [6, 6.07) is 11.3. The molecule has 10 nitrogen and oxygen atoms in total. The number of esters is 1. The minimum atomic E-state index is -3.94. The zero-order valence-corrected chi connectivity index (χ0v) is 18.3. The molecule has 0 saturated carbocycles. The van der Waals surface area contributed by atoms with Crippen molar-refractivity contribution in [1.82, 2.24) is 14.9 Å². The van der Waals surface area contributed by atoms with Crippen molar-refractivity contribution in [2.45, 2.75) is 18.2 Å². The lowest BCUT2D eigenvalue weighted by Gasteiger charge is -2.26. The van der Waals surface area contributed by atoms with E-state index < -0.39 is 16.0 Å². The fourth-order valence-electron chi connectivity index (χ4n) is 2.97. The number of sulfonamides is 1. The van der Waals surface area contributed by atoms with Crippen molar-refractivity contribution < 1.29 is 27.5 Å². The van der Waals surface area contributed by atoms with E-state index in [2.05, 4.69) is 16.0 Å². The van der Waals surface area contributed by atoms with Crippen molar-refractivity contribution >= 4 is 33.6 Å². The molecule has 0 unspecified atom stereocenters. The summed E-state index contributed by atoms with van der Waals surface area (Å²) in [5, 5.41) is 7.88. The highest BCUT2D eigenvalue weighted by Gasteiger charge is 2.29.